The number of aromatic hydroxyl groups is 1. The van der Waals surface area contributed by atoms with Gasteiger partial charge in [-0.3, -0.25) is 14.9 Å². The van der Waals surface area contributed by atoms with E-state index >= 15 is 0 Å². The average molecular weight is 267 g/mol. The van der Waals surface area contributed by atoms with Crippen molar-refractivity contribution in [3.63, 3.8) is 0 Å². The van der Waals surface area contributed by atoms with Crippen LogP contribution in [-0.2, 0) is 9.59 Å². The van der Waals surface area contributed by atoms with E-state index in [-0.39, 0.29) is 17.7 Å². The predicted octanol–water partition coefficient (Wildman–Crippen LogP) is 1.28. The maximum Gasteiger partial charge on any atom is 0.325 e. The van der Waals surface area contributed by atoms with Gasteiger partial charge in [0.05, 0.1) is 0 Å². The van der Waals surface area contributed by atoms with Gasteiger partial charge in [-0.1, -0.05) is 24.6 Å². The molecule has 1 aromatic rings. The summed E-state index contributed by atoms with van der Waals surface area (Å²) in [5.41, 5.74) is 0.941. The van der Waals surface area contributed by atoms with Crippen LogP contribution in [0.25, 0.3) is 0 Å². The van der Waals surface area contributed by atoms with E-state index in [2.05, 4.69) is 5.32 Å². The maximum atomic E-state index is 11.3. The molecule has 0 aliphatic heterocycles. The highest BCUT2D eigenvalue weighted by atomic mass is 16.4. The van der Waals surface area contributed by atoms with Crippen molar-refractivity contribution in [1.82, 2.24) is 5.32 Å². The highest BCUT2D eigenvalue weighted by Crippen LogP contribution is 2.26. The number of rotatable bonds is 6. The van der Waals surface area contributed by atoms with Gasteiger partial charge in [-0.05, 0) is 19.4 Å². The van der Waals surface area contributed by atoms with Crippen molar-refractivity contribution in [3.05, 3.63) is 29.3 Å². The summed E-state index contributed by atoms with van der Waals surface area (Å²) < 4.78 is 0. The fraction of sp³-hybridized carbons (Fsp3) is 0.385. The largest absolute Gasteiger partial charge is 0.508 e. The number of benzene rings is 1. The Morgan fingerprint density at radius 1 is 1.26 bits per heavy atom. The van der Waals surface area contributed by atoms with E-state index in [9.17, 15) is 19.8 Å². The van der Waals surface area contributed by atoms with Gasteiger partial charge in [-0.25, -0.2) is 0 Å². The van der Waals surface area contributed by atoms with E-state index in [0.717, 1.165) is 5.56 Å². The van der Waals surface area contributed by atoms with E-state index < -0.39 is 24.0 Å². The summed E-state index contributed by atoms with van der Waals surface area (Å²) in [5, 5.41) is 30.4. The van der Waals surface area contributed by atoms with Crippen molar-refractivity contribution in [1.29, 1.82) is 0 Å². The zero-order valence-electron chi connectivity index (χ0n) is 10.8. The van der Waals surface area contributed by atoms with Crippen LogP contribution in [0.5, 0.6) is 5.75 Å². The molecule has 0 aliphatic carbocycles. The number of phenolic OH excluding ortho intramolecular Hbond substituents is 1. The number of hydrogen-bond acceptors (Lipinski definition) is 4. The van der Waals surface area contributed by atoms with Crippen LogP contribution in [0, 0.1) is 6.92 Å². The van der Waals surface area contributed by atoms with Gasteiger partial charge in [-0.15, -0.1) is 0 Å². The molecule has 0 spiro atoms. The van der Waals surface area contributed by atoms with Crippen LogP contribution in [-0.4, -0.2) is 33.3 Å². The molecule has 0 radical (unpaired) electrons. The Labute approximate surface area is 110 Å². The van der Waals surface area contributed by atoms with Gasteiger partial charge in [-0.2, -0.15) is 0 Å². The summed E-state index contributed by atoms with van der Waals surface area (Å²) in [6, 6.07) is 2.31. The number of aliphatic carboxylic acids is 2. The van der Waals surface area contributed by atoms with Crippen molar-refractivity contribution >= 4 is 11.9 Å². The minimum atomic E-state index is -1.26. The van der Waals surface area contributed by atoms with E-state index in [1.54, 1.807) is 19.9 Å². The summed E-state index contributed by atoms with van der Waals surface area (Å²) >= 11 is 0. The first-order valence-corrected chi connectivity index (χ1v) is 5.88. The number of phenols is 1. The van der Waals surface area contributed by atoms with Crippen molar-refractivity contribution in [2.75, 3.05) is 0 Å². The van der Waals surface area contributed by atoms with Crippen LogP contribution in [0.4, 0.5) is 0 Å². The summed E-state index contributed by atoms with van der Waals surface area (Å²) in [6.45, 7) is 3.40. The fourth-order valence-corrected chi connectivity index (χ4v) is 1.76. The van der Waals surface area contributed by atoms with Crippen LogP contribution in [0.2, 0.25) is 0 Å². The van der Waals surface area contributed by atoms with E-state index in [0.29, 0.717) is 0 Å². The topological polar surface area (TPSA) is 107 Å². The molecule has 1 aromatic carbocycles. The Kier molecular flexibility index (Phi) is 4.88. The van der Waals surface area contributed by atoms with Gasteiger partial charge >= 0.3 is 11.9 Å². The van der Waals surface area contributed by atoms with Gasteiger partial charge in [0.15, 0.2) is 0 Å². The SMILES string of the molecule is CCC(NC(C(=O)O)c1cc(C)ccc1O)C(=O)O. The molecule has 0 saturated carbocycles. The van der Waals surface area contributed by atoms with Crippen molar-refractivity contribution in [2.24, 2.45) is 0 Å². The Balaban J connectivity index is 3.10. The molecular weight excluding hydrogens is 250 g/mol. The number of hydrogen-bond donors (Lipinski definition) is 4. The summed E-state index contributed by atoms with van der Waals surface area (Å²) in [4.78, 5) is 22.2. The molecule has 4 N–H and O–H groups in total. The smallest absolute Gasteiger partial charge is 0.325 e. The van der Waals surface area contributed by atoms with Crippen molar-refractivity contribution in [2.45, 2.75) is 32.4 Å². The Morgan fingerprint density at radius 2 is 1.89 bits per heavy atom. The molecule has 0 bridgehead atoms. The number of carboxylic acid groups (broad SMARTS) is 2. The molecule has 19 heavy (non-hydrogen) atoms. The third-order valence-corrected chi connectivity index (χ3v) is 2.82. The quantitative estimate of drug-likeness (QED) is 0.618. The van der Waals surface area contributed by atoms with Crippen LogP contribution < -0.4 is 5.32 Å². The molecule has 0 aliphatic rings. The predicted molar refractivity (Wildman–Crippen MR) is 68.1 cm³/mol. The van der Waals surface area contributed by atoms with Crippen LogP contribution in [0.3, 0.4) is 0 Å². The highest BCUT2D eigenvalue weighted by molar-refractivity contribution is 5.79. The molecular formula is C13H17NO5. The third-order valence-electron chi connectivity index (χ3n) is 2.82. The first-order chi connectivity index (χ1) is 8.86. The second-order valence-electron chi connectivity index (χ2n) is 4.30. The molecule has 104 valence electrons. The highest BCUT2D eigenvalue weighted by Gasteiger charge is 2.28. The first kappa shape index (κ1) is 15.0. The summed E-state index contributed by atoms with van der Waals surface area (Å²) in [6.07, 6.45) is 0.242. The molecule has 0 saturated heterocycles. The second kappa shape index (κ2) is 6.19. The Hall–Kier alpha value is -2.08. The number of carbonyl (C=O) groups is 2. The van der Waals surface area contributed by atoms with Gasteiger partial charge in [0.1, 0.15) is 17.8 Å². The Bertz CT molecular complexity index is 486. The molecule has 0 heterocycles. The number of aryl methyl sites for hydroxylation is 1. The zero-order valence-corrected chi connectivity index (χ0v) is 10.8. The van der Waals surface area contributed by atoms with Crippen LogP contribution in [0.1, 0.15) is 30.5 Å². The fourth-order valence-electron chi connectivity index (χ4n) is 1.76. The molecule has 0 amide bonds. The molecule has 2 atom stereocenters. The third kappa shape index (κ3) is 3.69. The maximum absolute atomic E-state index is 11.3. The average Bonchev–Trinajstić information content (AvgIpc) is 2.33. The van der Waals surface area contributed by atoms with Crippen LogP contribution in [0.15, 0.2) is 18.2 Å². The van der Waals surface area contributed by atoms with Gasteiger partial charge in [0, 0.05) is 5.56 Å². The second-order valence-corrected chi connectivity index (χ2v) is 4.30. The number of carboxylic acids is 2. The molecule has 6 nitrogen and oxygen atoms in total. The summed E-state index contributed by atoms with van der Waals surface area (Å²) in [7, 11) is 0. The monoisotopic (exact) mass is 267 g/mol. The minimum absolute atomic E-state index is 0.159. The normalized spacial score (nSPS) is 13.8. The molecule has 6 heteroatoms. The summed E-state index contributed by atoms with van der Waals surface area (Å²) in [5.74, 6) is -2.53. The van der Waals surface area contributed by atoms with E-state index in [1.165, 1.54) is 12.1 Å². The van der Waals surface area contributed by atoms with Gasteiger partial charge in [0.2, 0.25) is 0 Å². The van der Waals surface area contributed by atoms with Gasteiger partial charge < -0.3 is 15.3 Å². The van der Waals surface area contributed by atoms with Crippen LogP contribution >= 0.6 is 0 Å². The number of nitrogens with one attached hydrogen (secondary N) is 1. The molecule has 0 fully saturated rings. The van der Waals surface area contributed by atoms with E-state index in [1.807, 2.05) is 0 Å². The van der Waals surface area contributed by atoms with E-state index in [4.69, 9.17) is 5.11 Å². The standard InChI is InChI=1S/C13H17NO5/c1-3-9(12(16)17)14-11(13(18)19)8-6-7(2)4-5-10(8)15/h4-6,9,11,14-15H,3H2,1-2H3,(H,16,17)(H,18,19). The minimum Gasteiger partial charge on any atom is -0.508 e. The lowest BCUT2D eigenvalue weighted by atomic mass is 10.0. The molecule has 2 unspecified atom stereocenters. The lowest BCUT2D eigenvalue weighted by Gasteiger charge is -2.20. The first-order valence-electron chi connectivity index (χ1n) is 5.88. The Morgan fingerprint density at radius 3 is 2.37 bits per heavy atom. The lowest BCUT2D eigenvalue weighted by molar-refractivity contribution is -0.142. The van der Waals surface area contributed by atoms with Gasteiger partial charge in [0.25, 0.3) is 0 Å². The van der Waals surface area contributed by atoms with Crippen molar-refractivity contribution < 1.29 is 24.9 Å². The molecule has 1 rings (SSSR count). The molecule has 0 aromatic heterocycles. The lowest BCUT2D eigenvalue weighted by Crippen LogP contribution is -2.41. The zero-order chi connectivity index (χ0) is 14.6. The van der Waals surface area contributed by atoms with Crippen molar-refractivity contribution in [3.8, 4) is 5.75 Å².